The number of nitrogen functional groups attached to an aromatic ring is 1. The number of carbonyl (C=O) groups excluding carboxylic acids is 1. The summed E-state index contributed by atoms with van der Waals surface area (Å²) >= 11 is 0. The number of anilines is 3. The number of hydrogen-bond donors (Lipinski definition) is 3. The molecule has 2 aromatic rings. The van der Waals surface area contributed by atoms with Crippen molar-refractivity contribution in [1.29, 1.82) is 0 Å². The van der Waals surface area contributed by atoms with Crippen LogP contribution in [0.2, 0.25) is 0 Å². The SMILES string of the molecule is Cn1cc(Nc2cc(C(N)=O)c(N)cn2)cn1. The number of pyridine rings is 1. The van der Waals surface area contributed by atoms with E-state index in [9.17, 15) is 4.79 Å². The van der Waals surface area contributed by atoms with Crippen molar-refractivity contribution in [3.63, 3.8) is 0 Å². The van der Waals surface area contributed by atoms with E-state index in [1.165, 1.54) is 12.3 Å². The molecule has 5 N–H and O–H groups in total. The van der Waals surface area contributed by atoms with Crippen LogP contribution < -0.4 is 16.8 Å². The molecule has 0 radical (unpaired) electrons. The van der Waals surface area contributed by atoms with Gasteiger partial charge in [-0.05, 0) is 6.07 Å². The molecule has 0 atom stereocenters. The average Bonchev–Trinajstić information content (AvgIpc) is 2.66. The van der Waals surface area contributed by atoms with Gasteiger partial charge in [0, 0.05) is 13.2 Å². The Morgan fingerprint density at radius 3 is 2.82 bits per heavy atom. The first-order valence-corrected chi connectivity index (χ1v) is 4.87. The van der Waals surface area contributed by atoms with Gasteiger partial charge in [0.15, 0.2) is 0 Å². The van der Waals surface area contributed by atoms with Crippen LogP contribution in [0.3, 0.4) is 0 Å². The highest BCUT2D eigenvalue weighted by Crippen LogP contribution is 2.17. The van der Waals surface area contributed by atoms with Gasteiger partial charge in [-0.15, -0.1) is 0 Å². The smallest absolute Gasteiger partial charge is 0.250 e. The minimum absolute atomic E-state index is 0.242. The third kappa shape index (κ3) is 2.33. The number of hydrogen-bond acceptors (Lipinski definition) is 5. The van der Waals surface area contributed by atoms with Crippen molar-refractivity contribution >= 4 is 23.1 Å². The molecule has 0 saturated heterocycles. The second-order valence-corrected chi connectivity index (χ2v) is 3.55. The molecule has 1 amide bonds. The highest BCUT2D eigenvalue weighted by Gasteiger charge is 2.08. The standard InChI is InChI=1S/C10H12N6O/c1-16-5-6(3-14-16)15-9-2-7(10(12)17)8(11)4-13-9/h2-5H,11H2,1H3,(H2,12,17)(H,13,15). The maximum absolute atomic E-state index is 11.1. The van der Waals surface area contributed by atoms with Gasteiger partial charge in [-0.1, -0.05) is 0 Å². The zero-order chi connectivity index (χ0) is 12.4. The lowest BCUT2D eigenvalue weighted by molar-refractivity contribution is 0.100. The summed E-state index contributed by atoms with van der Waals surface area (Å²) in [6.07, 6.45) is 4.81. The molecule has 2 aromatic heterocycles. The van der Waals surface area contributed by atoms with Gasteiger partial charge in [0.05, 0.1) is 29.3 Å². The fourth-order valence-corrected chi connectivity index (χ4v) is 1.38. The van der Waals surface area contributed by atoms with Gasteiger partial charge >= 0.3 is 0 Å². The largest absolute Gasteiger partial charge is 0.397 e. The third-order valence-electron chi connectivity index (χ3n) is 2.18. The average molecular weight is 232 g/mol. The Bertz CT molecular complexity index is 562. The summed E-state index contributed by atoms with van der Waals surface area (Å²) in [5.74, 6) is -0.0971. The van der Waals surface area contributed by atoms with Crippen molar-refractivity contribution in [3.05, 3.63) is 30.2 Å². The van der Waals surface area contributed by atoms with Crippen LogP contribution in [0, 0.1) is 0 Å². The molecule has 2 rings (SSSR count). The minimum atomic E-state index is -0.584. The molecule has 7 heteroatoms. The number of aromatic nitrogens is 3. The Hall–Kier alpha value is -2.57. The number of primary amides is 1. The first-order chi connectivity index (χ1) is 8.06. The highest BCUT2D eigenvalue weighted by atomic mass is 16.1. The van der Waals surface area contributed by atoms with E-state index >= 15 is 0 Å². The van der Waals surface area contributed by atoms with Crippen LogP contribution in [-0.4, -0.2) is 20.7 Å². The van der Waals surface area contributed by atoms with Crippen LogP contribution in [-0.2, 0) is 7.05 Å². The van der Waals surface area contributed by atoms with Crippen LogP contribution in [0.5, 0.6) is 0 Å². The van der Waals surface area contributed by atoms with E-state index in [-0.39, 0.29) is 11.3 Å². The molecular formula is C10H12N6O. The second kappa shape index (κ2) is 4.12. The molecular weight excluding hydrogens is 220 g/mol. The molecule has 0 fully saturated rings. The lowest BCUT2D eigenvalue weighted by atomic mass is 10.2. The van der Waals surface area contributed by atoms with Crippen molar-refractivity contribution in [1.82, 2.24) is 14.8 Å². The van der Waals surface area contributed by atoms with E-state index < -0.39 is 5.91 Å². The second-order valence-electron chi connectivity index (χ2n) is 3.55. The van der Waals surface area contributed by atoms with Crippen LogP contribution in [0.15, 0.2) is 24.7 Å². The topological polar surface area (TPSA) is 112 Å². The molecule has 0 aromatic carbocycles. The monoisotopic (exact) mass is 232 g/mol. The molecule has 17 heavy (non-hydrogen) atoms. The summed E-state index contributed by atoms with van der Waals surface area (Å²) in [5.41, 5.74) is 12.0. The Labute approximate surface area is 97.4 Å². The predicted molar refractivity (Wildman–Crippen MR) is 63.7 cm³/mol. The summed E-state index contributed by atoms with van der Waals surface area (Å²) in [6.45, 7) is 0. The summed E-state index contributed by atoms with van der Waals surface area (Å²) in [7, 11) is 1.80. The molecule has 0 aliphatic heterocycles. The van der Waals surface area contributed by atoms with Gasteiger partial charge in [0.1, 0.15) is 5.82 Å². The van der Waals surface area contributed by atoms with Crippen molar-refractivity contribution in [2.24, 2.45) is 12.8 Å². The van der Waals surface area contributed by atoms with Crippen LogP contribution in [0.1, 0.15) is 10.4 Å². The minimum Gasteiger partial charge on any atom is -0.397 e. The van der Waals surface area contributed by atoms with Crippen molar-refractivity contribution in [2.45, 2.75) is 0 Å². The fourth-order valence-electron chi connectivity index (χ4n) is 1.38. The van der Waals surface area contributed by atoms with Crippen LogP contribution in [0.4, 0.5) is 17.2 Å². The number of carbonyl (C=O) groups is 1. The predicted octanol–water partition coefficient (Wildman–Crippen LogP) is 0.240. The number of nitrogens with one attached hydrogen (secondary N) is 1. The zero-order valence-electron chi connectivity index (χ0n) is 9.21. The Kier molecular flexibility index (Phi) is 2.65. The molecule has 2 heterocycles. The van der Waals surface area contributed by atoms with Crippen molar-refractivity contribution in [3.8, 4) is 0 Å². The number of nitrogens with two attached hydrogens (primary N) is 2. The van der Waals surface area contributed by atoms with Crippen molar-refractivity contribution in [2.75, 3.05) is 11.1 Å². The van der Waals surface area contributed by atoms with Gasteiger partial charge in [-0.2, -0.15) is 5.10 Å². The molecule has 88 valence electrons. The Morgan fingerprint density at radius 1 is 1.47 bits per heavy atom. The molecule has 0 saturated carbocycles. The van der Waals surface area contributed by atoms with Gasteiger partial charge in [0.2, 0.25) is 0 Å². The number of rotatable bonds is 3. The van der Waals surface area contributed by atoms with E-state index in [0.717, 1.165) is 5.69 Å². The Balaban J connectivity index is 2.28. The lowest BCUT2D eigenvalue weighted by Gasteiger charge is -2.05. The van der Waals surface area contributed by atoms with Crippen molar-refractivity contribution < 1.29 is 4.79 Å². The number of nitrogens with zero attached hydrogens (tertiary/aromatic N) is 3. The number of aryl methyl sites for hydroxylation is 1. The van der Waals surface area contributed by atoms with Gasteiger partial charge < -0.3 is 16.8 Å². The maximum Gasteiger partial charge on any atom is 0.250 e. The molecule has 7 nitrogen and oxygen atoms in total. The maximum atomic E-state index is 11.1. The van der Waals surface area contributed by atoms with Crippen LogP contribution >= 0.6 is 0 Å². The molecule has 0 aliphatic rings. The Morgan fingerprint density at radius 2 is 2.24 bits per heavy atom. The normalized spacial score (nSPS) is 10.2. The van der Waals surface area contributed by atoms with Crippen LogP contribution in [0.25, 0.3) is 0 Å². The highest BCUT2D eigenvalue weighted by molar-refractivity contribution is 5.98. The molecule has 0 spiro atoms. The third-order valence-corrected chi connectivity index (χ3v) is 2.18. The van der Waals surface area contributed by atoms with Gasteiger partial charge in [0.25, 0.3) is 5.91 Å². The zero-order valence-corrected chi connectivity index (χ0v) is 9.21. The fraction of sp³-hybridized carbons (Fsp3) is 0.100. The summed E-state index contributed by atoms with van der Waals surface area (Å²) in [4.78, 5) is 15.1. The summed E-state index contributed by atoms with van der Waals surface area (Å²) in [6, 6.07) is 1.50. The summed E-state index contributed by atoms with van der Waals surface area (Å²) < 4.78 is 1.65. The van der Waals surface area contributed by atoms with E-state index in [0.29, 0.717) is 5.82 Å². The number of amides is 1. The summed E-state index contributed by atoms with van der Waals surface area (Å²) in [5, 5.41) is 6.99. The van der Waals surface area contributed by atoms with E-state index in [1.54, 1.807) is 24.1 Å². The molecule has 0 aliphatic carbocycles. The molecule has 0 bridgehead atoms. The first kappa shape index (κ1) is 10.9. The van der Waals surface area contributed by atoms with E-state index in [2.05, 4.69) is 15.4 Å². The quantitative estimate of drug-likeness (QED) is 0.701. The van der Waals surface area contributed by atoms with Gasteiger partial charge in [-0.25, -0.2) is 4.98 Å². The van der Waals surface area contributed by atoms with Gasteiger partial charge in [-0.3, -0.25) is 9.48 Å². The lowest BCUT2D eigenvalue weighted by Crippen LogP contribution is -2.14. The first-order valence-electron chi connectivity index (χ1n) is 4.87. The van der Waals surface area contributed by atoms with E-state index in [4.69, 9.17) is 11.5 Å². The molecule has 0 unspecified atom stereocenters. The van der Waals surface area contributed by atoms with E-state index in [1.807, 2.05) is 0 Å².